The van der Waals surface area contributed by atoms with E-state index in [-0.39, 0.29) is 15.6 Å². The monoisotopic (exact) mass is 344 g/mol. The van der Waals surface area contributed by atoms with Crippen molar-refractivity contribution in [2.75, 3.05) is 14.1 Å². The molecule has 0 aliphatic heterocycles. The van der Waals surface area contributed by atoms with Crippen molar-refractivity contribution in [2.45, 2.75) is 11.8 Å². The summed E-state index contributed by atoms with van der Waals surface area (Å²) in [5.74, 6) is 0. The van der Waals surface area contributed by atoms with Gasteiger partial charge in [-0.2, -0.15) is 5.10 Å². The zero-order chi connectivity index (χ0) is 16.7. The number of halogens is 1. The Balaban J connectivity index is 2.77. The average Bonchev–Trinajstić information content (AvgIpc) is 2.37. The molecular weight excluding hydrogens is 332 g/mol. The molecule has 0 atom stereocenters. The summed E-state index contributed by atoms with van der Waals surface area (Å²) in [5, 5.41) is 5.44. The van der Waals surface area contributed by atoms with Crippen molar-refractivity contribution in [3.8, 4) is 5.69 Å². The molecule has 0 bridgehead atoms. The lowest BCUT2D eigenvalue weighted by Gasteiger charge is -2.16. The van der Waals surface area contributed by atoms with E-state index in [9.17, 15) is 18.0 Å². The number of hydrogen-bond donors (Lipinski definition) is 1. The van der Waals surface area contributed by atoms with Crippen molar-refractivity contribution in [1.82, 2.24) is 19.1 Å². The van der Waals surface area contributed by atoms with E-state index in [1.54, 1.807) is 0 Å². The van der Waals surface area contributed by atoms with Crippen molar-refractivity contribution in [3.63, 3.8) is 0 Å². The van der Waals surface area contributed by atoms with Crippen molar-refractivity contribution in [1.29, 1.82) is 0 Å². The third kappa shape index (κ3) is 2.70. The SMILES string of the molecule is Cc1cc(-n2c(=O)cn[nH]c2=O)cc(Cl)c1S(=O)(=O)N(C)C. The van der Waals surface area contributed by atoms with Crippen LogP contribution >= 0.6 is 11.6 Å². The Morgan fingerprint density at radius 3 is 2.41 bits per heavy atom. The number of benzene rings is 1. The highest BCUT2D eigenvalue weighted by Gasteiger charge is 2.24. The van der Waals surface area contributed by atoms with Crippen molar-refractivity contribution in [3.05, 3.63) is 49.8 Å². The number of rotatable bonds is 3. The van der Waals surface area contributed by atoms with Gasteiger partial charge in [0.15, 0.2) is 0 Å². The summed E-state index contributed by atoms with van der Waals surface area (Å²) in [6.45, 7) is 1.53. The number of aryl methyl sites for hydroxylation is 1. The van der Waals surface area contributed by atoms with Crippen LogP contribution in [0.15, 0.2) is 32.8 Å². The zero-order valence-corrected chi connectivity index (χ0v) is 13.6. The van der Waals surface area contributed by atoms with E-state index >= 15 is 0 Å². The highest BCUT2D eigenvalue weighted by molar-refractivity contribution is 7.89. The molecule has 0 amide bonds. The molecule has 0 radical (unpaired) electrons. The lowest BCUT2D eigenvalue weighted by Crippen LogP contribution is -2.34. The number of aromatic nitrogens is 3. The fourth-order valence-electron chi connectivity index (χ4n) is 1.95. The largest absolute Gasteiger partial charge is 0.349 e. The molecule has 118 valence electrons. The van der Waals surface area contributed by atoms with Gasteiger partial charge in [-0.25, -0.2) is 27.2 Å². The van der Waals surface area contributed by atoms with Crippen LogP contribution in [0.25, 0.3) is 5.69 Å². The number of nitrogens with zero attached hydrogens (tertiary/aromatic N) is 3. The summed E-state index contributed by atoms with van der Waals surface area (Å²) in [6.07, 6.45) is 0.940. The minimum atomic E-state index is -3.74. The number of hydrogen-bond acceptors (Lipinski definition) is 5. The maximum atomic E-state index is 12.3. The predicted molar refractivity (Wildman–Crippen MR) is 81.1 cm³/mol. The average molecular weight is 345 g/mol. The van der Waals surface area contributed by atoms with Crippen LogP contribution in [0.3, 0.4) is 0 Å². The lowest BCUT2D eigenvalue weighted by atomic mass is 10.2. The highest BCUT2D eigenvalue weighted by Crippen LogP contribution is 2.29. The summed E-state index contributed by atoms with van der Waals surface area (Å²) in [7, 11) is -0.970. The van der Waals surface area contributed by atoms with Gasteiger partial charge in [0.25, 0.3) is 5.56 Å². The second-order valence-corrected chi connectivity index (χ2v) is 7.21. The molecule has 22 heavy (non-hydrogen) atoms. The molecule has 0 spiro atoms. The Labute approximate surface area is 131 Å². The van der Waals surface area contributed by atoms with Gasteiger partial charge in [0.2, 0.25) is 10.0 Å². The van der Waals surface area contributed by atoms with Crippen molar-refractivity contribution >= 4 is 21.6 Å². The van der Waals surface area contributed by atoms with E-state index in [1.807, 2.05) is 0 Å². The smallest absolute Gasteiger partial charge is 0.267 e. The van der Waals surface area contributed by atoms with Gasteiger partial charge in [-0.1, -0.05) is 11.6 Å². The number of nitrogens with one attached hydrogen (secondary N) is 1. The second kappa shape index (κ2) is 5.67. The first-order valence-electron chi connectivity index (χ1n) is 6.06. The third-order valence-electron chi connectivity index (χ3n) is 2.97. The van der Waals surface area contributed by atoms with Crippen LogP contribution in [0.4, 0.5) is 0 Å². The van der Waals surface area contributed by atoms with Crippen LogP contribution in [0.2, 0.25) is 5.02 Å². The fraction of sp³-hybridized carbons (Fsp3) is 0.250. The molecule has 0 saturated heterocycles. The number of aromatic amines is 1. The first-order chi connectivity index (χ1) is 10.2. The van der Waals surface area contributed by atoms with Crippen LogP contribution < -0.4 is 11.2 Å². The van der Waals surface area contributed by atoms with E-state index < -0.39 is 21.3 Å². The molecule has 10 heteroatoms. The fourth-order valence-corrected chi connectivity index (χ4v) is 3.64. The molecule has 1 N–H and O–H groups in total. The number of sulfonamides is 1. The number of H-pyrrole nitrogens is 1. The van der Waals surface area contributed by atoms with Crippen LogP contribution in [-0.2, 0) is 10.0 Å². The van der Waals surface area contributed by atoms with Crippen LogP contribution in [0, 0.1) is 6.92 Å². The summed E-state index contributed by atoms with van der Waals surface area (Å²) >= 11 is 6.07. The Kier molecular flexibility index (Phi) is 4.23. The first kappa shape index (κ1) is 16.4. The van der Waals surface area contributed by atoms with Gasteiger partial charge >= 0.3 is 5.69 Å². The Hall–Kier alpha value is -1.97. The second-order valence-electron chi connectivity index (χ2n) is 4.71. The summed E-state index contributed by atoms with van der Waals surface area (Å²) in [4.78, 5) is 23.4. The van der Waals surface area contributed by atoms with E-state index in [1.165, 1.54) is 33.2 Å². The summed E-state index contributed by atoms with van der Waals surface area (Å²) in [6, 6.07) is 2.65. The maximum Gasteiger partial charge on any atom is 0.349 e. The van der Waals surface area contributed by atoms with Gasteiger partial charge < -0.3 is 0 Å². The van der Waals surface area contributed by atoms with E-state index in [2.05, 4.69) is 10.2 Å². The minimum Gasteiger partial charge on any atom is -0.267 e. The molecule has 0 aliphatic carbocycles. The third-order valence-corrected chi connectivity index (χ3v) is 5.40. The molecule has 1 aromatic heterocycles. The molecule has 0 unspecified atom stereocenters. The molecule has 1 heterocycles. The molecule has 0 saturated carbocycles. The normalized spacial score (nSPS) is 11.9. The van der Waals surface area contributed by atoms with Gasteiger partial charge in [0, 0.05) is 14.1 Å². The Bertz CT molecular complexity index is 895. The Morgan fingerprint density at radius 2 is 1.91 bits per heavy atom. The lowest BCUT2D eigenvalue weighted by molar-refractivity contribution is 0.520. The van der Waals surface area contributed by atoms with Crippen LogP contribution in [0.1, 0.15) is 5.56 Å². The van der Waals surface area contributed by atoms with Gasteiger partial charge in [0.05, 0.1) is 10.7 Å². The molecule has 2 aromatic rings. The van der Waals surface area contributed by atoms with E-state index in [0.29, 0.717) is 5.56 Å². The summed E-state index contributed by atoms with van der Waals surface area (Å²) < 4.78 is 26.4. The minimum absolute atomic E-state index is 0.0681. The van der Waals surface area contributed by atoms with Gasteiger partial charge in [-0.05, 0) is 24.6 Å². The topological polar surface area (TPSA) is 105 Å². The van der Waals surface area contributed by atoms with Gasteiger partial charge in [-0.15, -0.1) is 0 Å². The van der Waals surface area contributed by atoms with Crippen LogP contribution in [0.5, 0.6) is 0 Å². The standard InChI is InChI=1S/C12H13ClN4O4S/c1-7-4-8(17-10(18)6-14-15-12(17)19)5-9(13)11(7)22(20,21)16(2)3/h4-6H,1-3H3,(H,15,19). The molecule has 2 rings (SSSR count). The molecular formula is C12H13ClN4O4S. The zero-order valence-electron chi connectivity index (χ0n) is 12.0. The molecule has 0 fully saturated rings. The molecule has 1 aromatic carbocycles. The van der Waals surface area contributed by atoms with E-state index in [0.717, 1.165) is 15.1 Å². The quantitative estimate of drug-likeness (QED) is 0.852. The van der Waals surface area contributed by atoms with Gasteiger partial charge in [-0.3, -0.25) is 4.79 Å². The highest BCUT2D eigenvalue weighted by atomic mass is 35.5. The van der Waals surface area contributed by atoms with Crippen LogP contribution in [-0.4, -0.2) is 41.6 Å². The van der Waals surface area contributed by atoms with Crippen molar-refractivity contribution in [2.24, 2.45) is 0 Å². The molecule has 8 nitrogen and oxygen atoms in total. The van der Waals surface area contributed by atoms with E-state index in [4.69, 9.17) is 11.6 Å². The maximum absolute atomic E-state index is 12.3. The Morgan fingerprint density at radius 1 is 1.27 bits per heavy atom. The first-order valence-corrected chi connectivity index (χ1v) is 7.88. The predicted octanol–water partition coefficient (Wildman–Crippen LogP) is 0.133. The molecule has 0 aliphatic rings. The van der Waals surface area contributed by atoms with Gasteiger partial charge in [0.1, 0.15) is 11.1 Å². The summed E-state index contributed by atoms with van der Waals surface area (Å²) in [5.41, 5.74) is -0.915. The van der Waals surface area contributed by atoms with Crippen molar-refractivity contribution < 1.29 is 8.42 Å².